The van der Waals surface area contributed by atoms with Crippen molar-refractivity contribution >= 4 is 23.4 Å². The molecular formula is C18H23N3O2S. The van der Waals surface area contributed by atoms with E-state index in [1.807, 2.05) is 36.7 Å². The van der Waals surface area contributed by atoms with Crippen LogP contribution in [0.4, 0.5) is 5.69 Å². The highest BCUT2D eigenvalue weighted by Gasteiger charge is 2.18. The van der Waals surface area contributed by atoms with Crippen molar-refractivity contribution in [2.75, 3.05) is 18.2 Å². The fraction of sp³-hybridized carbons (Fsp3) is 0.444. The van der Waals surface area contributed by atoms with Crippen molar-refractivity contribution in [2.24, 2.45) is 0 Å². The summed E-state index contributed by atoms with van der Waals surface area (Å²) in [6.45, 7) is 0. The fourth-order valence-electron chi connectivity index (χ4n) is 3.05. The van der Waals surface area contributed by atoms with Crippen LogP contribution in [0.5, 0.6) is 5.75 Å². The Morgan fingerprint density at radius 1 is 1.29 bits per heavy atom. The zero-order valence-electron chi connectivity index (χ0n) is 13.9. The molecule has 0 radical (unpaired) electrons. The lowest BCUT2D eigenvalue weighted by Gasteiger charge is -2.24. The molecule has 1 heterocycles. The molecule has 128 valence electrons. The van der Waals surface area contributed by atoms with Gasteiger partial charge in [0.2, 0.25) is 5.91 Å². The predicted octanol–water partition coefficient (Wildman–Crippen LogP) is 4.13. The summed E-state index contributed by atoms with van der Waals surface area (Å²) in [6, 6.07) is 7.87. The Morgan fingerprint density at radius 3 is 2.75 bits per heavy atom. The van der Waals surface area contributed by atoms with Crippen LogP contribution in [0.3, 0.4) is 0 Å². The molecule has 0 atom stereocenters. The average Bonchev–Trinajstić information content (AvgIpc) is 3.10. The second-order valence-corrected chi connectivity index (χ2v) is 6.92. The number of hydrogen-bond donors (Lipinski definition) is 1. The number of rotatable bonds is 6. The molecule has 0 unspecified atom stereocenters. The zero-order valence-corrected chi connectivity index (χ0v) is 14.7. The molecular weight excluding hydrogens is 322 g/mol. The van der Waals surface area contributed by atoms with Crippen LogP contribution >= 0.6 is 11.8 Å². The molecule has 1 amide bonds. The first-order valence-corrected chi connectivity index (χ1v) is 9.34. The quantitative estimate of drug-likeness (QED) is 0.800. The maximum absolute atomic E-state index is 12.1. The Kier molecular flexibility index (Phi) is 5.80. The second kappa shape index (κ2) is 8.24. The number of amides is 1. The van der Waals surface area contributed by atoms with Gasteiger partial charge in [0.1, 0.15) is 5.75 Å². The van der Waals surface area contributed by atoms with Crippen molar-refractivity contribution in [1.82, 2.24) is 9.55 Å². The largest absolute Gasteiger partial charge is 0.497 e. The highest BCUT2D eigenvalue weighted by atomic mass is 32.2. The van der Waals surface area contributed by atoms with Gasteiger partial charge in [-0.2, -0.15) is 0 Å². The summed E-state index contributed by atoms with van der Waals surface area (Å²) in [5.74, 6) is 1.11. The van der Waals surface area contributed by atoms with Gasteiger partial charge in [-0.3, -0.25) is 4.79 Å². The summed E-state index contributed by atoms with van der Waals surface area (Å²) >= 11 is 1.50. The third-order valence-electron chi connectivity index (χ3n) is 4.31. The summed E-state index contributed by atoms with van der Waals surface area (Å²) in [4.78, 5) is 16.6. The first kappa shape index (κ1) is 16.9. The summed E-state index contributed by atoms with van der Waals surface area (Å²) in [5.41, 5.74) is 0.775. The van der Waals surface area contributed by atoms with Gasteiger partial charge in [0, 0.05) is 24.1 Å². The number of nitrogens with zero attached hydrogens (tertiary/aromatic N) is 2. The second-order valence-electron chi connectivity index (χ2n) is 5.97. The summed E-state index contributed by atoms with van der Waals surface area (Å²) in [6.07, 6.45) is 10.2. The molecule has 0 aliphatic heterocycles. The van der Waals surface area contributed by atoms with Gasteiger partial charge in [-0.05, 0) is 37.1 Å². The van der Waals surface area contributed by atoms with Gasteiger partial charge in [0.15, 0.2) is 5.16 Å². The molecule has 1 aliphatic rings. The van der Waals surface area contributed by atoms with Crippen LogP contribution in [0.1, 0.15) is 38.1 Å². The lowest BCUT2D eigenvalue weighted by Crippen LogP contribution is -2.16. The van der Waals surface area contributed by atoms with Gasteiger partial charge in [-0.15, -0.1) is 0 Å². The first-order valence-electron chi connectivity index (χ1n) is 8.36. The smallest absolute Gasteiger partial charge is 0.234 e. The Labute approximate surface area is 146 Å². The van der Waals surface area contributed by atoms with E-state index in [9.17, 15) is 4.79 Å². The molecule has 1 aromatic heterocycles. The standard InChI is InChI=1S/C18H23N3O2S/c1-23-16-9-7-14(8-10-16)20-17(22)13-24-18-19-11-12-21(18)15-5-3-2-4-6-15/h7-12,15H,2-6,13H2,1H3,(H,20,22). The van der Waals surface area contributed by atoms with Gasteiger partial charge in [0.25, 0.3) is 0 Å². The molecule has 1 fully saturated rings. The lowest BCUT2D eigenvalue weighted by molar-refractivity contribution is -0.113. The molecule has 0 saturated heterocycles. The number of methoxy groups -OCH3 is 1. The predicted molar refractivity (Wildman–Crippen MR) is 96.7 cm³/mol. The van der Waals surface area contributed by atoms with Crippen molar-refractivity contribution in [1.29, 1.82) is 0 Å². The molecule has 24 heavy (non-hydrogen) atoms. The minimum absolute atomic E-state index is 0.0247. The first-order chi connectivity index (χ1) is 11.8. The van der Waals surface area contributed by atoms with E-state index in [1.165, 1.54) is 43.9 Å². The Morgan fingerprint density at radius 2 is 2.04 bits per heavy atom. The van der Waals surface area contributed by atoms with Crippen LogP contribution in [0, 0.1) is 0 Å². The molecule has 6 heteroatoms. The molecule has 1 saturated carbocycles. The molecule has 1 aliphatic carbocycles. The van der Waals surface area contributed by atoms with Gasteiger partial charge < -0.3 is 14.6 Å². The van der Waals surface area contributed by atoms with Gasteiger partial charge in [-0.1, -0.05) is 31.0 Å². The van der Waals surface area contributed by atoms with E-state index in [2.05, 4.69) is 14.9 Å². The Balaban J connectivity index is 1.53. The minimum Gasteiger partial charge on any atom is -0.497 e. The number of ether oxygens (including phenoxy) is 1. The van der Waals surface area contributed by atoms with Crippen molar-refractivity contribution in [3.63, 3.8) is 0 Å². The van der Waals surface area contributed by atoms with Crippen molar-refractivity contribution in [3.05, 3.63) is 36.7 Å². The number of aromatic nitrogens is 2. The molecule has 1 aromatic carbocycles. The number of imidazole rings is 1. The van der Waals surface area contributed by atoms with Crippen LogP contribution in [0.15, 0.2) is 41.8 Å². The number of hydrogen-bond acceptors (Lipinski definition) is 4. The summed E-state index contributed by atoms with van der Waals surface area (Å²) < 4.78 is 7.35. The average molecular weight is 345 g/mol. The highest BCUT2D eigenvalue weighted by molar-refractivity contribution is 7.99. The maximum Gasteiger partial charge on any atom is 0.234 e. The third-order valence-corrected chi connectivity index (χ3v) is 5.29. The van der Waals surface area contributed by atoms with Crippen molar-refractivity contribution in [3.8, 4) is 5.75 Å². The lowest BCUT2D eigenvalue weighted by atomic mass is 9.95. The molecule has 2 aromatic rings. The fourth-order valence-corrected chi connectivity index (χ4v) is 3.88. The molecule has 0 bridgehead atoms. The van der Waals surface area contributed by atoms with E-state index in [0.717, 1.165) is 16.6 Å². The molecule has 1 N–H and O–H groups in total. The van der Waals surface area contributed by atoms with Gasteiger partial charge in [-0.25, -0.2) is 4.98 Å². The summed E-state index contributed by atoms with van der Waals surface area (Å²) in [7, 11) is 1.62. The zero-order chi connectivity index (χ0) is 16.8. The van der Waals surface area contributed by atoms with E-state index < -0.39 is 0 Å². The van der Waals surface area contributed by atoms with E-state index in [4.69, 9.17) is 4.74 Å². The molecule has 0 spiro atoms. The number of nitrogens with one attached hydrogen (secondary N) is 1. The van der Waals surface area contributed by atoms with Crippen LogP contribution < -0.4 is 10.1 Å². The highest BCUT2D eigenvalue weighted by Crippen LogP contribution is 2.31. The maximum atomic E-state index is 12.1. The van der Waals surface area contributed by atoms with E-state index in [-0.39, 0.29) is 5.91 Å². The normalized spacial score (nSPS) is 15.2. The van der Waals surface area contributed by atoms with Crippen LogP contribution in [0.2, 0.25) is 0 Å². The topological polar surface area (TPSA) is 56.1 Å². The van der Waals surface area contributed by atoms with Crippen LogP contribution in [-0.2, 0) is 4.79 Å². The third kappa shape index (κ3) is 4.32. The minimum atomic E-state index is -0.0247. The number of carbonyl (C=O) groups excluding carboxylic acids is 1. The number of anilines is 1. The number of thioether (sulfide) groups is 1. The molecule has 5 nitrogen and oxygen atoms in total. The van der Waals surface area contributed by atoms with E-state index >= 15 is 0 Å². The van der Waals surface area contributed by atoms with Gasteiger partial charge >= 0.3 is 0 Å². The van der Waals surface area contributed by atoms with E-state index in [0.29, 0.717) is 11.8 Å². The Bertz CT molecular complexity index is 663. The van der Waals surface area contributed by atoms with Crippen LogP contribution in [-0.4, -0.2) is 28.3 Å². The summed E-state index contributed by atoms with van der Waals surface area (Å²) in [5, 5.41) is 3.84. The number of benzene rings is 1. The SMILES string of the molecule is COc1ccc(NC(=O)CSc2nccn2C2CCCCC2)cc1. The number of carbonyl (C=O) groups is 1. The van der Waals surface area contributed by atoms with Crippen molar-refractivity contribution < 1.29 is 9.53 Å². The van der Waals surface area contributed by atoms with Crippen molar-refractivity contribution in [2.45, 2.75) is 43.3 Å². The Hall–Kier alpha value is -1.95. The monoisotopic (exact) mass is 345 g/mol. The van der Waals surface area contributed by atoms with E-state index in [1.54, 1.807) is 7.11 Å². The molecule has 3 rings (SSSR count). The van der Waals surface area contributed by atoms with Crippen LogP contribution in [0.25, 0.3) is 0 Å². The van der Waals surface area contributed by atoms with Gasteiger partial charge in [0.05, 0.1) is 12.9 Å².